The molecule has 0 bridgehead atoms. The van der Waals surface area contributed by atoms with Crippen LogP contribution < -0.4 is 19.5 Å². The molecule has 2 saturated carbocycles. The number of methoxy groups -OCH3 is 3. The molecule has 1 spiro atoms. The quantitative estimate of drug-likeness (QED) is 0.311. The van der Waals surface area contributed by atoms with Crippen molar-refractivity contribution in [3.05, 3.63) is 101 Å². The Balaban J connectivity index is 1.34. The molecule has 8 atom stereocenters. The van der Waals surface area contributed by atoms with Crippen molar-refractivity contribution >= 4 is 11.8 Å². The molecule has 8 unspecified atom stereocenters. The predicted molar refractivity (Wildman–Crippen MR) is 174 cm³/mol. The summed E-state index contributed by atoms with van der Waals surface area (Å²) in [5, 5.41) is 29.9. The molecule has 10 nitrogen and oxygen atoms in total. The molecular weight excluding hydrogens is 612 g/mol. The van der Waals surface area contributed by atoms with E-state index in [-0.39, 0.29) is 5.91 Å². The molecule has 0 radical (unpaired) electrons. The van der Waals surface area contributed by atoms with Crippen molar-refractivity contribution in [2.24, 2.45) is 11.3 Å². The van der Waals surface area contributed by atoms with Crippen molar-refractivity contribution < 1.29 is 38.7 Å². The van der Waals surface area contributed by atoms with E-state index >= 15 is 4.79 Å². The maximum atomic E-state index is 15.1. The van der Waals surface area contributed by atoms with E-state index in [1.807, 2.05) is 60.7 Å². The Labute approximate surface area is 279 Å². The summed E-state index contributed by atoms with van der Waals surface area (Å²) >= 11 is 0. The van der Waals surface area contributed by atoms with Gasteiger partial charge in [0, 0.05) is 29.7 Å². The Kier molecular flexibility index (Phi) is 6.64. The topological polar surface area (TPSA) is 127 Å². The van der Waals surface area contributed by atoms with Gasteiger partial charge in [-0.2, -0.15) is 0 Å². The molecule has 8 rings (SSSR count). The van der Waals surface area contributed by atoms with Gasteiger partial charge in [-0.05, 0) is 61.6 Å². The molecule has 3 aliphatic carbocycles. The van der Waals surface area contributed by atoms with Gasteiger partial charge in [0.25, 0.3) is 0 Å². The lowest BCUT2D eigenvalue weighted by molar-refractivity contribution is -0.578. The van der Waals surface area contributed by atoms with E-state index in [9.17, 15) is 15.0 Å². The lowest BCUT2D eigenvalue weighted by Gasteiger charge is -2.90. The number of ether oxygens (including phenoxy) is 4. The number of nitrogens with one attached hydrogen (secondary N) is 1. The summed E-state index contributed by atoms with van der Waals surface area (Å²) in [6.07, 6.45) is 1.61. The lowest BCUT2D eigenvalue weighted by atomic mass is 9.19. The zero-order valence-corrected chi connectivity index (χ0v) is 27.7. The highest BCUT2D eigenvalue weighted by atomic mass is 16.6. The second-order valence-electron chi connectivity index (χ2n) is 13.6. The number of hydrogen-bond donors (Lipinski definition) is 3. The molecule has 48 heavy (non-hydrogen) atoms. The summed E-state index contributed by atoms with van der Waals surface area (Å²) in [6, 6.07) is 20.6. The van der Waals surface area contributed by atoms with E-state index in [1.165, 1.54) is 7.11 Å². The Morgan fingerprint density at radius 3 is 2.33 bits per heavy atom. The number of carbonyl (C=O) groups is 2. The van der Waals surface area contributed by atoms with Crippen LogP contribution in [0.2, 0.25) is 0 Å². The van der Waals surface area contributed by atoms with E-state index in [0.29, 0.717) is 53.3 Å². The highest BCUT2D eigenvalue weighted by Crippen LogP contribution is 2.99. The maximum Gasteiger partial charge on any atom is 0.248 e. The number of aliphatic hydroxyl groups is 2. The average Bonchev–Trinajstić information content (AvgIpc) is 3.64. The SMILES string of the molecule is CC=C(C)C(=O)NC1CCCN1C(=O)C1C2(O)c3c(OC)cc(OC)cc3C3OC4(c5ccc(OC)cc5)C(c5ccccc5)C1(O)C324. The third-order valence-electron chi connectivity index (χ3n) is 12.0. The molecule has 2 amide bonds. The molecule has 4 fully saturated rings. The fourth-order valence-electron chi connectivity index (χ4n) is 10.1. The Morgan fingerprint density at radius 1 is 0.979 bits per heavy atom. The standard InChI is InChI=1S/C38H40N2O8/c1-6-21(2)33(41)39-28-13-10-18-40(28)34(42)31-35(43)29-26(19-25(46-4)20-27(29)47-5)32-38(35)36(31,44)30(22-11-8-7-9-12-22)37(38,48-32)23-14-16-24(45-3)17-15-23/h6-9,11-12,14-17,19-20,28,30-32,43-44H,10,13,18H2,1-5H3,(H,39,41). The number of fused-ring (bicyclic) bond motifs is 3. The third-order valence-corrected chi connectivity index (χ3v) is 12.0. The van der Waals surface area contributed by atoms with Crippen molar-refractivity contribution in [3.8, 4) is 17.2 Å². The van der Waals surface area contributed by atoms with E-state index in [0.717, 1.165) is 11.1 Å². The summed E-state index contributed by atoms with van der Waals surface area (Å²) in [5.41, 5.74) is -3.05. The highest BCUT2D eigenvalue weighted by molar-refractivity contribution is 5.94. The van der Waals surface area contributed by atoms with Crippen LogP contribution in [-0.4, -0.2) is 66.6 Å². The minimum atomic E-state index is -1.89. The normalized spacial score (nSPS) is 35.2. The number of allylic oxidation sites excluding steroid dienone is 1. The number of amides is 2. The van der Waals surface area contributed by atoms with E-state index in [4.69, 9.17) is 18.9 Å². The molecule has 10 heteroatoms. The van der Waals surface area contributed by atoms with E-state index in [2.05, 4.69) is 5.32 Å². The Bertz CT molecular complexity index is 1860. The van der Waals surface area contributed by atoms with Crippen molar-refractivity contribution in [3.63, 3.8) is 0 Å². The lowest BCUT2D eigenvalue weighted by Crippen LogP contribution is -3.01. The fraction of sp³-hybridized carbons (Fsp3) is 0.421. The zero-order chi connectivity index (χ0) is 33.8. The van der Waals surface area contributed by atoms with Crippen molar-refractivity contribution in [2.75, 3.05) is 27.9 Å². The molecule has 3 aromatic rings. The maximum absolute atomic E-state index is 15.1. The first-order valence-electron chi connectivity index (χ1n) is 16.4. The Hall–Kier alpha value is -4.38. The highest BCUT2D eigenvalue weighted by Gasteiger charge is 3.08. The summed E-state index contributed by atoms with van der Waals surface area (Å²) < 4.78 is 24.0. The predicted octanol–water partition coefficient (Wildman–Crippen LogP) is 4.06. The van der Waals surface area contributed by atoms with Gasteiger partial charge in [0.15, 0.2) is 0 Å². The second-order valence-corrected chi connectivity index (χ2v) is 13.6. The molecule has 2 aliphatic heterocycles. The van der Waals surface area contributed by atoms with Crippen LogP contribution >= 0.6 is 0 Å². The molecule has 3 aromatic carbocycles. The van der Waals surface area contributed by atoms with Gasteiger partial charge in [0.1, 0.15) is 46.1 Å². The summed E-state index contributed by atoms with van der Waals surface area (Å²) in [6.45, 7) is 3.89. The van der Waals surface area contributed by atoms with Crippen molar-refractivity contribution in [1.29, 1.82) is 0 Å². The number of benzene rings is 3. The van der Waals surface area contributed by atoms with Gasteiger partial charge in [-0.1, -0.05) is 48.5 Å². The van der Waals surface area contributed by atoms with Crippen LogP contribution in [0.1, 0.15) is 61.0 Å². The molecule has 5 aliphatic rings. The molecular formula is C38H40N2O8. The average molecular weight is 653 g/mol. The molecule has 250 valence electrons. The third kappa shape index (κ3) is 3.24. The van der Waals surface area contributed by atoms with Gasteiger partial charge in [-0.15, -0.1) is 0 Å². The zero-order valence-electron chi connectivity index (χ0n) is 27.7. The summed E-state index contributed by atoms with van der Waals surface area (Å²) in [5.74, 6) is -1.19. The molecule has 3 N–H and O–H groups in total. The number of hydrogen-bond acceptors (Lipinski definition) is 8. The van der Waals surface area contributed by atoms with Crippen LogP contribution in [0.3, 0.4) is 0 Å². The monoisotopic (exact) mass is 652 g/mol. The number of carbonyl (C=O) groups excluding carboxylic acids is 2. The van der Waals surface area contributed by atoms with Crippen LogP contribution in [0.25, 0.3) is 0 Å². The first-order chi connectivity index (χ1) is 23.1. The van der Waals surface area contributed by atoms with Gasteiger partial charge >= 0.3 is 0 Å². The number of nitrogens with zero attached hydrogens (tertiary/aromatic N) is 1. The molecule has 2 heterocycles. The fourth-order valence-corrected chi connectivity index (χ4v) is 10.1. The summed E-state index contributed by atoms with van der Waals surface area (Å²) in [7, 11) is 4.66. The van der Waals surface area contributed by atoms with E-state index in [1.54, 1.807) is 45.1 Å². The first-order valence-corrected chi connectivity index (χ1v) is 16.4. The minimum absolute atomic E-state index is 0.263. The minimum Gasteiger partial charge on any atom is -0.497 e. The summed E-state index contributed by atoms with van der Waals surface area (Å²) in [4.78, 5) is 29.6. The first kappa shape index (κ1) is 30.9. The molecule has 0 aromatic heterocycles. The second kappa shape index (κ2) is 10.3. The molecule has 2 saturated heterocycles. The van der Waals surface area contributed by atoms with E-state index < -0.39 is 52.2 Å². The largest absolute Gasteiger partial charge is 0.497 e. The van der Waals surface area contributed by atoms with Crippen molar-refractivity contribution in [1.82, 2.24) is 10.2 Å². The smallest absolute Gasteiger partial charge is 0.248 e. The van der Waals surface area contributed by atoms with Crippen LogP contribution in [0.15, 0.2) is 78.4 Å². The van der Waals surface area contributed by atoms with Crippen LogP contribution in [0.5, 0.6) is 17.2 Å². The Morgan fingerprint density at radius 2 is 1.69 bits per heavy atom. The van der Waals surface area contributed by atoms with Crippen LogP contribution in [0, 0.1) is 11.3 Å². The van der Waals surface area contributed by atoms with Gasteiger partial charge in [-0.3, -0.25) is 9.59 Å². The van der Waals surface area contributed by atoms with Crippen LogP contribution in [0.4, 0.5) is 0 Å². The van der Waals surface area contributed by atoms with Gasteiger partial charge < -0.3 is 39.4 Å². The van der Waals surface area contributed by atoms with Gasteiger partial charge in [0.05, 0.1) is 32.8 Å². The number of likely N-dealkylation sites (tertiary alicyclic amines) is 1. The van der Waals surface area contributed by atoms with Gasteiger partial charge in [0.2, 0.25) is 11.8 Å². The van der Waals surface area contributed by atoms with Crippen LogP contribution in [-0.2, 0) is 25.5 Å². The van der Waals surface area contributed by atoms with Gasteiger partial charge in [-0.25, -0.2) is 0 Å². The number of rotatable bonds is 8. The van der Waals surface area contributed by atoms with Crippen molar-refractivity contribution in [2.45, 2.75) is 61.7 Å².